The van der Waals surface area contributed by atoms with Crippen molar-refractivity contribution in [3.05, 3.63) is 24.8 Å². The van der Waals surface area contributed by atoms with E-state index < -0.39 is 0 Å². The lowest BCUT2D eigenvalue weighted by Gasteiger charge is -2.26. The average Bonchev–Trinajstić information content (AvgIpc) is 2.38. The molecular weight excluding hydrogens is 122 g/mol. The monoisotopic (exact) mass is 137 g/mol. The van der Waals surface area contributed by atoms with Gasteiger partial charge in [-0.1, -0.05) is 32.1 Å². The first-order valence-electron chi connectivity index (χ1n) is 3.70. The molecule has 1 N–H and O–H groups in total. The zero-order valence-electron chi connectivity index (χ0n) is 6.72. The van der Waals surface area contributed by atoms with Crippen LogP contribution < -0.4 is 5.32 Å². The quantitative estimate of drug-likeness (QED) is 0.571. The van der Waals surface area contributed by atoms with Crippen molar-refractivity contribution in [3.63, 3.8) is 0 Å². The molecular formula is C9H15N. The van der Waals surface area contributed by atoms with Gasteiger partial charge in [0.15, 0.2) is 0 Å². The molecule has 0 saturated carbocycles. The third kappa shape index (κ3) is 1.29. The van der Waals surface area contributed by atoms with Gasteiger partial charge < -0.3 is 5.32 Å². The molecule has 1 heteroatoms. The van der Waals surface area contributed by atoms with E-state index in [1.165, 1.54) is 0 Å². The van der Waals surface area contributed by atoms with Gasteiger partial charge in [0.2, 0.25) is 0 Å². The maximum Gasteiger partial charge on any atom is 0.0339 e. The SMILES string of the molecule is C=CC(C)(C)C1C=CCN1. The van der Waals surface area contributed by atoms with Crippen LogP contribution in [0.2, 0.25) is 0 Å². The van der Waals surface area contributed by atoms with Gasteiger partial charge in [-0.05, 0) is 0 Å². The lowest BCUT2D eigenvalue weighted by molar-refractivity contribution is 0.383. The van der Waals surface area contributed by atoms with Gasteiger partial charge >= 0.3 is 0 Å². The molecule has 0 aromatic rings. The van der Waals surface area contributed by atoms with E-state index in [9.17, 15) is 0 Å². The minimum absolute atomic E-state index is 0.188. The second-order valence-electron chi connectivity index (χ2n) is 3.34. The number of hydrogen-bond donors (Lipinski definition) is 1. The van der Waals surface area contributed by atoms with Crippen LogP contribution in [0.1, 0.15) is 13.8 Å². The summed E-state index contributed by atoms with van der Waals surface area (Å²) < 4.78 is 0. The van der Waals surface area contributed by atoms with Crippen molar-refractivity contribution in [1.29, 1.82) is 0 Å². The lowest BCUT2D eigenvalue weighted by atomic mass is 9.85. The second kappa shape index (κ2) is 2.59. The predicted octanol–water partition coefficient (Wildman–Crippen LogP) is 1.73. The Morgan fingerprint density at radius 2 is 2.40 bits per heavy atom. The van der Waals surface area contributed by atoms with Crippen molar-refractivity contribution in [2.75, 3.05) is 6.54 Å². The van der Waals surface area contributed by atoms with E-state index in [0.717, 1.165) is 6.54 Å². The van der Waals surface area contributed by atoms with Crippen LogP contribution in [-0.4, -0.2) is 12.6 Å². The Morgan fingerprint density at radius 3 is 2.80 bits per heavy atom. The molecule has 0 amide bonds. The molecule has 0 aliphatic carbocycles. The Balaban J connectivity index is 2.62. The van der Waals surface area contributed by atoms with Gasteiger partial charge in [-0.15, -0.1) is 6.58 Å². The van der Waals surface area contributed by atoms with Crippen molar-refractivity contribution < 1.29 is 0 Å². The van der Waals surface area contributed by atoms with E-state index in [1.54, 1.807) is 0 Å². The van der Waals surface area contributed by atoms with E-state index in [0.29, 0.717) is 6.04 Å². The van der Waals surface area contributed by atoms with Crippen LogP contribution >= 0.6 is 0 Å². The first-order valence-corrected chi connectivity index (χ1v) is 3.70. The van der Waals surface area contributed by atoms with Crippen LogP contribution in [0.15, 0.2) is 24.8 Å². The highest BCUT2D eigenvalue weighted by Crippen LogP contribution is 2.24. The number of hydrogen-bond acceptors (Lipinski definition) is 1. The maximum absolute atomic E-state index is 3.80. The zero-order valence-corrected chi connectivity index (χ0v) is 6.72. The summed E-state index contributed by atoms with van der Waals surface area (Å²) in [5, 5.41) is 3.37. The van der Waals surface area contributed by atoms with E-state index in [4.69, 9.17) is 0 Å². The van der Waals surface area contributed by atoms with Gasteiger partial charge in [-0.3, -0.25) is 0 Å². The molecule has 10 heavy (non-hydrogen) atoms. The molecule has 1 atom stereocenters. The molecule has 0 aromatic heterocycles. The first kappa shape index (κ1) is 7.55. The van der Waals surface area contributed by atoms with Gasteiger partial charge in [0, 0.05) is 18.0 Å². The molecule has 0 radical (unpaired) electrons. The summed E-state index contributed by atoms with van der Waals surface area (Å²) in [6.45, 7) is 9.18. The minimum atomic E-state index is 0.188. The lowest BCUT2D eigenvalue weighted by Crippen LogP contribution is -2.35. The molecule has 1 aliphatic heterocycles. The Bertz CT molecular complexity index is 156. The van der Waals surface area contributed by atoms with Crippen LogP contribution in [0.4, 0.5) is 0 Å². The highest BCUT2D eigenvalue weighted by atomic mass is 14.9. The number of rotatable bonds is 2. The molecule has 0 spiro atoms. The van der Waals surface area contributed by atoms with Crippen molar-refractivity contribution in [2.24, 2.45) is 5.41 Å². The summed E-state index contributed by atoms with van der Waals surface area (Å²) in [7, 11) is 0. The molecule has 0 bridgehead atoms. The predicted molar refractivity (Wildman–Crippen MR) is 44.9 cm³/mol. The smallest absolute Gasteiger partial charge is 0.0339 e. The third-order valence-corrected chi connectivity index (χ3v) is 2.11. The summed E-state index contributed by atoms with van der Waals surface area (Å²) >= 11 is 0. The van der Waals surface area contributed by atoms with E-state index in [1.807, 2.05) is 6.08 Å². The van der Waals surface area contributed by atoms with E-state index >= 15 is 0 Å². The average molecular weight is 137 g/mol. The Kier molecular flexibility index (Phi) is 1.95. The van der Waals surface area contributed by atoms with Gasteiger partial charge in [0.05, 0.1) is 0 Å². The summed E-state index contributed by atoms with van der Waals surface area (Å²) in [5.74, 6) is 0. The standard InChI is InChI=1S/C9H15N/c1-4-9(2,3)8-6-5-7-10-8/h4-6,8,10H,1,7H2,2-3H3. The Hall–Kier alpha value is -0.560. The fourth-order valence-electron chi connectivity index (χ4n) is 1.11. The van der Waals surface area contributed by atoms with Crippen LogP contribution in [0.25, 0.3) is 0 Å². The third-order valence-electron chi connectivity index (χ3n) is 2.11. The molecule has 1 heterocycles. The molecule has 1 nitrogen and oxygen atoms in total. The van der Waals surface area contributed by atoms with Crippen molar-refractivity contribution in [3.8, 4) is 0 Å². The fourth-order valence-corrected chi connectivity index (χ4v) is 1.11. The molecule has 1 rings (SSSR count). The van der Waals surface area contributed by atoms with Gasteiger partial charge in [0.25, 0.3) is 0 Å². The summed E-state index contributed by atoms with van der Waals surface area (Å²) in [6.07, 6.45) is 6.37. The number of nitrogens with one attached hydrogen (secondary N) is 1. The second-order valence-corrected chi connectivity index (χ2v) is 3.34. The van der Waals surface area contributed by atoms with Crippen LogP contribution in [0, 0.1) is 5.41 Å². The van der Waals surface area contributed by atoms with Gasteiger partial charge in [-0.25, -0.2) is 0 Å². The molecule has 0 fully saturated rings. The largest absolute Gasteiger partial charge is 0.306 e. The topological polar surface area (TPSA) is 12.0 Å². The van der Waals surface area contributed by atoms with Gasteiger partial charge in [-0.2, -0.15) is 0 Å². The highest BCUT2D eigenvalue weighted by molar-refractivity contribution is 5.12. The van der Waals surface area contributed by atoms with Crippen molar-refractivity contribution in [2.45, 2.75) is 19.9 Å². The zero-order chi connectivity index (χ0) is 7.61. The normalized spacial score (nSPS) is 25.2. The molecule has 0 saturated heterocycles. The van der Waals surface area contributed by atoms with Crippen molar-refractivity contribution >= 4 is 0 Å². The summed E-state index contributed by atoms with van der Waals surface area (Å²) in [5.41, 5.74) is 0.188. The molecule has 1 unspecified atom stereocenters. The Labute approximate surface area is 62.8 Å². The molecule has 0 aromatic carbocycles. The summed E-state index contributed by atoms with van der Waals surface area (Å²) in [6, 6.07) is 0.477. The van der Waals surface area contributed by atoms with E-state index in [2.05, 4.69) is 37.9 Å². The highest BCUT2D eigenvalue weighted by Gasteiger charge is 2.24. The first-order chi connectivity index (χ1) is 4.67. The minimum Gasteiger partial charge on any atom is -0.306 e. The van der Waals surface area contributed by atoms with E-state index in [-0.39, 0.29) is 5.41 Å². The van der Waals surface area contributed by atoms with Crippen LogP contribution in [-0.2, 0) is 0 Å². The van der Waals surface area contributed by atoms with Crippen molar-refractivity contribution in [1.82, 2.24) is 5.32 Å². The van der Waals surface area contributed by atoms with Gasteiger partial charge in [0.1, 0.15) is 0 Å². The summed E-state index contributed by atoms with van der Waals surface area (Å²) in [4.78, 5) is 0. The van der Waals surface area contributed by atoms with Crippen LogP contribution in [0.3, 0.4) is 0 Å². The molecule has 1 aliphatic rings. The molecule has 56 valence electrons. The van der Waals surface area contributed by atoms with Crippen LogP contribution in [0.5, 0.6) is 0 Å². The Morgan fingerprint density at radius 1 is 1.70 bits per heavy atom. The maximum atomic E-state index is 3.80. The fraction of sp³-hybridized carbons (Fsp3) is 0.556.